The minimum atomic E-state index is -1.84. The van der Waals surface area contributed by atoms with Gasteiger partial charge < -0.3 is 15.2 Å². The summed E-state index contributed by atoms with van der Waals surface area (Å²) in [6.45, 7) is 1.54. The molecule has 0 atom stereocenters. The topological polar surface area (TPSA) is 60.7 Å². The number of hydrogen-bond acceptors (Lipinski definition) is 3. The number of aromatic hydroxyl groups is 1. The van der Waals surface area contributed by atoms with Crippen molar-refractivity contribution < 1.29 is 19.5 Å². The van der Waals surface area contributed by atoms with Gasteiger partial charge in [-0.3, -0.25) is 0 Å². The maximum Gasteiger partial charge on any atom is 0.491 e. The van der Waals surface area contributed by atoms with E-state index in [9.17, 15) is 4.39 Å². The van der Waals surface area contributed by atoms with E-state index in [1.165, 1.54) is 6.07 Å². The molecule has 0 amide bonds. The van der Waals surface area contributed by atoms with E-state index in [0.717, 1.165) is 6.07 Å². The average molecular weight is 170 g/mol. The van der Waals surface area contributed by atoms with Crippen LogP contribution >= 0.6 is 0 Å². The molecule has 3 N–H and O–H groups in total. The van der Waals surface area contributed by atoms with E-state index in [2.05, 4.69) is 0 Å². The molecule has 1 aromatic rings. The maximum absolute atomic E-state index is 12.8. The van der Waals surface area contributed by atoms with E-state index in [1.54, 1.807) is 6.92 Å². The highest BCUT2D eigenvalue weighted by molar-refractivity contribution is 6.58. The van der Waals surface area contributed by atoms with Crippen LogP contribution in [0.4, 0.5) is 4.39 Å². The largest absolute Gasteiger partial charge is 0.508 e. The van der Waals surface area contributed by atoms with Crippen LogP contribution in [0, 0.1) is 12.7 Å². The molecular formula is C7H8BFO3. The van der Waals surface area contributed by atoms with Gasteiger partial charge in [-0.05, 0) is 12.5 Å². The fraction of sp³-hybridized carbons (Fsp3) is 0.143. The van der Waals surface area contributed by atoms with E-state index < -0.39 is 12.9 Å². The molecule has 0 saturated carbocycles. The van der Waals surface area contributed by atoms with Crippen LogP contribution in [-0.2, 0) is 0 Å². The maximum atomic E-state index is 12.8. The van der Waals surface area contributed by atoms with Gasteiger partial charge in [-0.25, -0.2) is 4.39 Å². The van der Waals surface area contributed by atoms with E-state index in [1.807, 2.05) is 0 Å². The van der Waals surface area contributed by atoms with Crippen molar-refractivity contribution in [3.63, 3.8) is 0 Å². The zero-order valence-corrected chi connectivity index (χ0v) is 6.45. The third kappa shape index (κ3) is 1.57. The molecule has 1 aromatic carbocycles. The number of halogens is 1. The SMILES string of the molecule is Cc1cc(B(O)O)c(F)cc1O. The summed E-state index contributed by atoms with van der Waals surface area (Å²) in [5.41, 5.74) is 0.171. The lowest BCUT2D eigenvalue weighted by Crippen LogP contribution is -2.32. The normalized spacial score (nSPS) is 10.0. The Kier molecular flexibility index (Phi) is 2.35. The number of benzene rings is 1. The molecule has 3 nitrogen and oxygen atoms in total. The van der Waals surface area contributed by atoms with Crippen LogP contribution < -0.4 is 5.46 Å². The first-order chi connectivity index (χ1) is 5.52. The number of rotatable bonds is 1. The number of aryl methyl sites for hydroxylation is 1. The summed E-state index contributed by atoms with van der Waals surface area (Å²) >= 11 is 0. The first-order valence-electron chi connectivity index (χ1n) is 3.37. The lowest BCUT2D eigenvalue weighted by atomic mass is 9.79. The summed E-state index contributed by atoms with van der Waals surface area (Å²) in [4.78, 5) is 0. The van der Waals surface area contributed by atoms with Gasteiger partial charge in [0, 0.05) is 11.5 Å². The Morgan fingerprint density at radius 1 is 1.33 bits per heavy atom. The van der Waals surface area contributed by atoms with Crippen molar-refractivity contribution in [2.75, 3.05) is 0 Å². The lowest BCUT2D eigenvalue weighted by molar-refractivity contribution is 0.422. The van der Waals surface area contributed by atoms with Gasteiger partial charge in [-0.15, -0.1) is 0 Å². The van der Waals surface area contributed by atoms with Crippen LogP contribution in [0.5, 0.6) is 5.75 Å². The van der Waals surface area contributed by atoms with Crippen LogP contribution in [0.3, 0.4) is 0 Å². The summed E-state index contributed by atoms with van der Waals surface area (Å²) in [5, 5.41) is 26.3. The molecule has 0 spiro atoms. The molecule has 64 valence electrons. The van der Waals surface area contributed by atoms with Gasteiger partial charge in [0.25, 0.3) is 0 Å². The fourth-order valence-corrected chi connectivity index (χ4v) is 0.891. The molecule has 0 aliphatic heterocycles. The molecule has 0 fully saturated rings. The summed E-state index contributed by atoms with van der Waals surface area (Å²) in [7, 11) is -1.84. The molecule has 0 heterocycles. The Balaban J connectivity index is 3.23. The van der Waals surface area contributed by atoms with Gasteiger partial charge >= 0.3 is 7.12 Å². The van der Waals surface area contributed by atoms with Gasteiger partial charge in [0.15, 0.2) is 0 Å². The van der Waals surface area contributed by atoms with Crippen molar-refractivity contribution in [1.29, 1.82) is 0 Å². The van der Waals surface area contributed by atoms with E-state index in [0.29, 0.717) is 5.56 Å². The van der Waals surface area contributed by atoms with Crippen LogP contribution in [0.15, 0.2) is 12.1 Å². The number of hydrogen-bond donors (Lipinski definition) is 3. The fourth-order valence-electron chi connectivity index (χ4n) is 0.891. The second-order valence-corrected chi connectivity index (χ2v) is 2.53. The second kappa shape index (κ2) is 3.12. The number of phenols is 1. The monoisotopic (exact) mass is 170 g/mol. The predicted molar refractivity (Wildman–Crippen MR) is 42.6 cm³/mol. The quantitative estimate of drug-likeness (QED) is 0.498. The van der Waals surface area contributed by atoms with Gasteiger partial charge in [-0.1, -0.05) is 6.07 Å². The van der Waals surface area contributed by atoms with Crippen molar-refractivity contribution in [3.05, 3.63) is 23.5 Å². The third-order valence-corrected chi connectivity index (χ3v) is 1.59. The highest BCUT2D eigenvalue weighted by Gasteiger charge is 2.17. The summed E-state index contributed by atoms with van der Waals surface area (Å²) < 4.78 is 12.8. The number of phenolic OH excluding ortho intramolecular Hbond substituents is 1. The van der Waals surface area contributed by atoms with Gasteiger partial charge in [0.05, 0.1) is 0 Å². The predicted octanol–water partition coefficient (Wildman–Crippen LogP) is -0.480. The molecule has 5 heteroatoms. The standard InChI is InChI=1S/C7H8BFO3/c1-4-2-5(8(11)12)6(9)3-7(4)10/h2-3,10-12H,1H3. The van der Waals surface area contributed by atoms with Crippen LogP contribution in [0.25, 0.3) is 0 Å². The van der Waals surface area contributed by atoms with Crippen LogP contribution in [-0.4, -0.2) is 22.3 Å². The first kappa shape index (κ1) is 9.03. The minimum Gasteiger partial charge on any atom is -0.508 e. The zero-order chi connectivity index (χ0) is 9.30. The Morgan fingerprint density at radius 2 is 1.92 bits per heavy atom. The second-order valence-electron chi connectivity index (χ2n) is 2.53. The highest BCUT2D eigenvalue weighted by Crippen LogP contribution is 2.14. The summed E-state index contributed by atoms with van der Waals surface area (Å²) in [6, 6.07) is 2.04. The van der Waals surface area contributed by atoms with Gasteiger partial charge in [-0.2, -0.15) is 0 Å². The van der Waals surface area contributed by atoms with Crippen LogP contribution in [0.1, 0.15) is 5.56 Å². The first-order valence-corrected chi connectivity index (χ1v) is 3.37. The molecule has 0 saturated heterocycles. The molecule has 0 aromatic heterocycles. The molecule has 0 aliphatic rings. The third-order valence-electron chi connectivity index (χ3n) is 1.59. The molecule has 12 heavy (non-hydrogen) atoms. The Labute approximate surface area is 69.2 Å². The van der Waals surface area contributed by atoms with Crippen molar-refractivity contribution in [2.45, 2.75) is 6.92 Å². The van der Waals surface area contributed by atoms with Crippen molar-refractivity contribution in [2.24, 2.45) is 0 Å². The molecule has 0 unspecified atom stereocenters. The van der Waals surface area contributed by atoms with E-state index in [-0.39, 0.29) is 11.2 Å². The van der Waals surface area contributed by atoms with E-state index in [4.69, 9.17) is 15.2 Å². The van der Waals surface area contributed by atoms with Crippen LogP contribution in [0.2, 0.25) is 0 Å². The summed E-state index contributed by atoms with van der Waals surface area (Å²) in [5.74, 6) is -1.02. The van der Waals surface area contributed by atoms with Crippen molar-refractivity contribution >= 4 is 12.6 Å². The van der Waals surface area contributed by atoms with Gasteiger partial charge in [0.2, 0.25) is 0 Å². The van der Waals surface area contributed by atoms with E-state index >= 15 is 0 Å². The molecular weight excluding hydrogens is 162 g/mol. The lowest BCUT2D eigenvalue weighted by Gasteiger charge is -2.04. The Morgan fingerprint density at radius 3 is 2.42 bits per heavy atom. The molecule has 0 radical (unpaired) electrons. The van der Waals surface area contributed by atoms with Crippen molar-refractivity contribution in [1.82, 2.24) is 0 Å². The smallest absolute Gasteiger partial charge is 0.491 e. The molecule has 0 aliphatic carbocycles. The molecule has 0 bridgehead atoms. The minimum absolute atomic E-state index is 0.197. The summed E-state index contributed by atoms with van der Waals surface area (Å²) in [6.07, 6.45) is 0. The highest BCUT2D eigenvalue weighted by atomic mass is 19.1. The Bertz CT molecular complexity index is 301. The van der Waals surface area contributed by atoms with Gasteiger partial charge in [0.1, 0.15) is 11.6 Å². The van der Waals surface area contributed by atoms with Crippen molar-refractivity contribution in [3.8, 4) is 5.75 Å². The molecule has 1 rings (SSSR count). The Hall–Kier alpha value is -1.07. The zero-order valence-electron chi connectivity index (χ0n) is 6.45. The average Bonchev–Trinajstić information content (AvgIpc) is 1.96.